The summed E-state index contributed by atoms with van der Waals surface area (Å²) in [5.74, 6) is 1.13. The number of allylic oxidation sites excluding steroid dienone is 1. The van der Waals surface area contributed by atoms with Crippen LogP contribution >= 0.6 is 0 Å². The molecule has 1 aromatic heterocycles. The van der Waals surface area contributed by atoms with Crippen LogP contribution in [-0.2, 0) is 0 Å². The standard InChI is InChI=1S/C20H23NO5/c1-11-7-13(3)21-20(23)17(11)18(22)12(2)8-14-9-15(24-4)19(26-6)16(10-14)25-5/h7-10H,1-6H3,(H,21,23). The average molecular weight is 357 g/mol. The quantitative estimate of drug-likeness (QED) is 0.634. The third-order valence-corrected chi connectivity index (χ3v) is 4.02. The van der Waals surface area contributed by atoms with E-state index in [9.17, 15) is 9.59 Å². The predicted molar refractivity (Wildman–Crippen MR) is 101 cm³/mol. The lowest BCUT2D eigenvalue weighted by Crippen LogP contribution is -2.21. The third kappa shape index (κ3) is 3.79. The number of rotatable bonds is 6. The van der Waals surface area contributed by atoms with Gasteiger partial charge in [-0.2, -0.15) is 0 Å². The zero-order valence-corrected chi connectivity index (χ0v) is 15.9. The second-order valence-electron chi connectivity index (χ2n) is 5.95. The number of benzene rings is 1. The summed E-state index contributed by atoms with van der Waals surface area (Å²) in [7, 11) is 4.58. The van der Waals surface area contributed by atoms with Crippen molar-refractivity contribution in [3.8, 4) is 17.2 Å². The summed E-state index contributed by atoms with van der Waals surface area (Å²) in [4.78, 5) is 27.6. The minimum Gasteiger partial charge on any atom is -0.493 e. The van der Waals surface area contributed by atoms with Crippen molar-refractivity contribution in [2.75, 3.05) is 21.3 Å². The van der Waals surface area contributed by atoms with Crippen LogP contribution in [0.15, 0.2) is 28.6 Å². The summed E-state index contributed by atoms with van der Waals surface area (Å²) >= 11 is 0. The molecule has 0 aliphatic carbocycles. The molecule has 6 nitrogen and oxygen atoms in total. The molecule has 0 aliphatic heterocycles. The van der Waals surface area contributed by atoms with Crippen molar-refractivity contribution in [1.82, 2.24) is 4.98 Å². The molecule has 0 amide bonds. The van der Waals surface area contributed by atoms with Gasteiger partial charge in [0.2, 0.25) is 5.75 Å². The molecular formula is C20H23NO5. The van der Waals surface area contributed by atoms with Crippen LogP contribution in [0.2, 0.25) is 0 Å². The second kappa shape index (κ2) is 7.91. The fraction of sp³-hybridized carbons (Fsp3) is 0.300. The van der Waals surface area contributed by atoms with E-state index in [1.165, 1.54) is 21.3 Å². The number of pyridine rings is 1. The van der Waals surface area contributed by atoms with Gasteiger partial charge in [-0.1, -0.05) is 0 Å². The minimum atomic E-state index is -0.384. The van der Waals surface area contributed by atoms with Gasteiger partial charge in [-0.15, -0.1) is 0 Å². The number of aromatic nitrogens is 1. The van der Waals surface area contributed by atoms with Gasteiger partial charge in [0.15, 0.2) is 17.3 Å². The number of H-pyrrole nitrogens is 1. The predicted octanol–water partition coefficient (Wildman–Crippen LogP) is 3.30. The van der Waals surface area contributed by atoms with Crippen LogP contribution in [0, 0.1) is 13.8 Å². The monoisotopic (exact) mass is 357 g/mol. The lowest BCUT2D eigenvalue weighted by Gasteiger charge is -2.13. The Kier molecular flexibility index (Phi) is 5.87. The van der Waals surface area contributed by atoms with Gasteiger partial charge >= 0.3 is 0 Å². The Morgan fingerprint density at radius 1 is 1.00 bits per heavy atom. The van der Waals surface area contributed by atoms with Crippen LogP contribution in [0.25, 0.3) is 6.08 Å². The Morgan fingerprint density at radius 2 is 1.58 bits per heavy atom. The van der Waals surface area contributed by atoms with E-state index in [-0.39, 0.29) is 16.9 Å². The molecule has 1 aromatic carbocycles. The Balaban J connectivity index is 2.50. The number of aryl methyl sites for hydroxylation is 2. The molecule has 1 heterocycles. The number of Topliss-reactive ketones (excluding diaryl/α,β-unsaturated/α-hetero) is 1. The minimum absolute atomic E-state index is 0.150. The van der Waals surface area contributed by atoms with E-state index in [4.69, 9.17) is 14.2 Å². The molecule has 0 radical (unpaired) electrons. The molecule has 0 aliphatic rings. The average Bonchev–Trinajstić information content (AvgIpc) is 2.59. The molecule has 0 bridgehead atoms. The first-order valence-electron chi connectivity index (χ1n) is 8.05. The number of hydrogen-bond acceptors (Lipinski definition) is 5. The van der Waals surface area contributed by atoms with Crippen molar-refractivity contribution in [3.63, 3.8) is 0 Å². The van der Waals surface area contributed by atoms with Crippen LogP contribution < -0.4 is 19.8 Å². The van der Waals surface area contributed by atoms with Gasteiger partial charge in [0.05, 0.1) is 26.9 Å². The van der Waals surface area contributed by atoms with Crippen LogP contribution in [-0.4, -0.2) is 32.1 Å². The maximum absolute atomic E-state index is 12.8. The first kappa shape index (κ1) is 19.3. The highest BCUT2D eigenvalue weighted by atomic mass is 16.5. The molecule has 26 heavy (non-hydrogen) atoms. The van der Waals surface area contributed by atoms with E-state index >= 15 is 0 Å². The molecule has 1 N–H and O–H groups in total. The molecule has 2 aromatic rings. The largest absolute Gasteiger partial charge is 0.493 e. The van der Waals surface area contributed by atoms with E-state index in [2.05, 4.69) is 4.98 Å². The summed E-state index contributed by atoms with van der Waals surface area (Å²) in [6.45, 7) is 5.20. The van der Waals surface area contributed by atoms with E-state index in [1.807, 2.05) is 0 Å². The smallest absolute Gasteiger partial charge is 0.259 e. The molecule has 0 spiro atoms. The van der Waals surface area contributed by atoms with Gasteiger partial charge in [0.25, 0.3) is 5.56 Å². The highest BCUT2D eigenvalue weighted by Crippen LogP contribution is 2.38. The van der Waals surface area contributed by atoms with Crippen molar-refractivity contribution in [1.29, 1.82) is 0 Å². The maximum Gasteiger partial charge on any atom is 0.259 e. The molecule has 138 valence electrons. The summed E-state index contributed by atoms with van der Waals surface area (Å²) in [6.07, 6.45) is 1.69. The van der Waals surface area contributed by atoms with Gasteiger partial charge in [0, 0.05) is 5.69 Å². The fourth-order valence-corrected chi connectivity index (χ4v) is 2.83. The number of hydrogen-bond donors (Lipinski definition) is 1. The van der Waals surface area contributed by atoms with Gasteiger partial charge in [-0.3, -0.25) is 9.59 Å². The molecular weight excluding hydrogens is 334 g/mol. The van der Waals surface area contributed by atoms with Crippen LogP contribution in [0.1, 0.15) is 34.1 Å². The van der Waals surface area contributed by atoms with E-state index < -0.39 is 0 Å². The van der Waals surface area contributed by atoms with E-state index in [0.717, 1.165) is 5.69 Å². The number of aromatic amines is 1. The number of ether oxygens (including phenoxy) is 3. The molecule has 0 unspecified atom stereocenters. The number of nitrogens with one attached hydrogen (secondary N) is 1. The van der Waals surface area contributed by atoms with Crippen molar-refractivity contribution in [2.45, 2.75) is 20.8 Å². The number of ketones is 1. The number of carbonyl (C=O) groups is 1. The van der Waals surface area contributed by atoms with Crippen molar-refractivity contribution >= 4 is 11.9 Å². The summed E-state index contributed by atoms with van der Waals surface area (Å²) in [5, 5.41) is 0. The molecule has 2 rings (SSSR count). The Bertz CT molecular complexity index is 899. The Hall–Kier alpha value is -3.02. The first-order chi connectivity index (χ1) is 12.3. The van der Waals surface area contributed by atoms with Crippen molar-refractivity contribution in [3.05, 3.63) is 56.5 Å². The molecule has 0 saturated carbocycles. The van der Waals surface area contributed by atoms with Crippen LogP contribution in [0.3, 0.4) is 0 Å². The van der Waals surface area contributed by atoms with Crippen LogP contribution in [0.4, 0.5) is 0 Å². The van der Waals surface area contributed by atoms with Gasteiger partial charge in [-0.25, -0.2) is 0 Å². The molecule has 0 atom stereocenters. The van der Waals surface area contributed by atoms with Crippen molar-refractivity contribution in [2.24, 2.45) is 0 Å². The number of methoxy groups -OCH3 is 3. The highest BCUT2D eigenvalue weighted by molar-refractivity contribution is 6.11. The van der Waals surface area contributed by atoms with Crippen LogP contribution in [0.5, 0.6) is 17.2 Å². The second-order valence-corrected chi connectivity index (χ2v) is 5.95. The lowest BCUT2D eigenvalue weighted by atomic mass is 9.99. The maximum atomic E-state index is 12.8. The van der Waals surface area contributed by atoms with Gasteiger partial charge in [-0.05, 0) is 61.7 Å². The van der Waals surface area contributed by atoms with E-state index in [1.54, 1.807) is 45.0 Å². The molecule has 0 fully saturated rings. The lowest BCUT2D eigenvalue weighted by molar-refractivity contribution is 0.103. The topological polar surface area (TPSA) is 77.6 Å². The SMILES string of the molecule is COc1cc(C=C(C)C(=O)c2c(C)cc(C)[nH]c2=O)cc(OC)c1OC. The zero-order chi connectivity index (χ0) is 19.4. The molecule has 0 saturated heterocycles. The van der Waals surface area contributed by atoms with E-state index in [0.29, 0.717) is 33.9 Å². The Morgan fingerprint density at radius 3 is 2.04 bits per heavy atom. The molecule has 6 heteroatoms. The van der Waals surface area contributed by atoms with Crippen molar-refractivity contribution < 1.29 is 19.0 Å². The van der Waals surface area contributed by atoms with Gasteiger partial charge in [0.1, 0.15) is 0 Å². The first-order valence-corrected chi connectivity index (χ1v) is 8.05. The normalized spacial score (nSPS) is 11.2. The fourth-order valence-electron chi connectivity index (χ4n) is 2.83. The zero-order valence-electron chi connectivity index (χ0n) is 15.9. The third-order valence-electron chi connectivity index (χ3n) is 4.02. The highest BCUT2D eigenvalue weighted by Gasteiger charge is 2.17. The van der Waals surface area contributed by atoms with Gasteiger partial charge < -0.3 is 19.2 Å². The summed E-state index contributed by atoms with van der Waals surface area (Å²) in [6, 6.07) is 5.26. The Labute approximate surface area is 152 Å². The number of carbonyl (C=O) groups excluding carboxylic acids is 1. The summed E-state index contributed by atoms with van der Waals surface area (Å²) in [5.41, 5.74) is 2.26. The summed E-state index contributed by atoms with van der Waals surface area (Å²) < 4.78 is 15.9.